The fourth-order valence-electron chi connectivity index (χ4n) is 6.13. The van der Waals surface area contributed by atoms with Gasteiger partial charge < -0.3 is 30.3 Å². The number of nitrogens with one attached hydrogen (secondary N) is 2. The fourth-order valence-corrected chi connectivity index (χ4v) is 6.13. The second-order valence-electron chi connectivity index (χ2n) is 12.8. The quantitative estimate of drug-likeness (QED) is 0.163. The Balaban J connectivity index is 0.981. The molecule has 2 fully saturated rings. The molecule has 12 heteroatoms. The van der Waals surface area contributed by atoms with Gasteiger partial charge in [0.05, 0.1) is 25.3 Å². The summed E-state index contributed by atoms with van der Waals surface area (Å²) in [6.45, 7) is 0.157. The smallest absolute Gasteiger partial charge is 0.410 e. The Kier molecular flexibility index (Phi) is 11.6. The minimum absolute atomic E-state index is 0.0120. The lowest BCUT2D eigenvalue weighted by atomic mass is 10.1. The van der Waals surface area contributed by atoms with Crippen LogP contribution in [-0.4, -0.2) is 81.4 Å². The molecular weight excluding hydrogens is 664 g/mol. The van der Waals surface area contributed by atoms with Crippen LogP contribution in [0.5, 0.6) is 0 Å². The molecule has 2 aliphatic heterocycles. The van der Waals surface area contributed by atoms with Gasteiger partial charge in [0.2, 0.25) is 11.8 Å². The van der Waals surface area contributed by atoms with Crippen molar-refractivity contribution in [2.24, 2.45) is 0 Å². The predicted octanol–water partition coefficient (Wildman–Crippen LogP) is 5.28. The number of aliphatic hydroxyl groups is 2. The molecule has 2 saturated heterocycles. The molecular formula is C40H40N4O8. The van der Waals surface area contributed by atoms with Crippen molar-refractivity contribution < 1.29 is 38.9 Å². The van der Waals surface area contributed by atoms with Crippen LogP contribution in [0.3, 0.4) is 0 Å². The van der Waals surface area contributed by atoms with Gasteiger partial charge in [0.1, 0.15) is 25.3 Å². The first kappa shape index (κ1) is 35.8. The third-order valence-electron chi connectivity index (χ3n) is 8.87. The molecule has 0 spiro atoms. The zero-order chi connectivity index (χ0) is 36.5. The maximum atomic E-state index is 13.1. The molecule has 0 bridgehead atoms. The monoisotopic (exact) mass is 704 g/mol. The summed E-state index contributed by atoms with van der Waals surface area (Å²) in [5.74, 6) is -0.827. The van der Waals surface area contributed by atoms with Crippen molar-refractivity contribution in [3.8, 4) is 0 Å². The van der Waals surface area contributed by atoms with Crippen molar-refractivity contribution >= 4 is 47.5 Å². The Morgan fingerprint density at radius 2 is 0.942 bits per heavy atom. The summed E-state index contributed by atoms with van der Waals surface area (Å²) in [6, 6.07) is 31.1. The highest BCUT2D eigenvalue weighted by Crippen LogP contribution is 2.24. The molecule has 6 rings (SSSR count). The van der Waals surface area contributed by atoms with Gasteiger partial charge in [0, 0.05) is 24.2 Å². The van der Waals surface area contributed by atoms with Crippen LogP contribution in [0, 0.1) is 0 Å². The van der Waals surface area contributed by atoms with Crippen LogP contribution in [0.1, 0.15) is 35.1 Å². The maximum absolute atomic E-state index is 13.1. The Morgan fingerprint density at radius 1 is 0.577 bits per heavy atom. The maximum Gasteiger partial charge on any atom is 0.410 e. The van der Waals surface area contributed by atoms with E-state index >= 15 is 0 Å². The first-order chi connectivity index (χ1) is 25.2. The van der Waals surface area contributed by atoms with Gasteiger partial charge in [0.15, 0.2) is 0 Å². The number of aliphatic hydroxyl groups excluding tert-OH is 2. The summed E-state index contributed by atoms with van der Waals surface area (Å²) < 4.78 is 10.8. The minimum Gasteiger partial charge on any atom is -0.445 e. The van der Waals surface area contributed by atoms with Crippen molar-refractivity contribution in [1.82, 2.24) is 9.80 Å². The van der Waals surface area contributed by atoms with Crippen LogP contribution in [0.4, 0.5) is 21.0 Å². The standard InChI is InChI=1S/C40H40N4O8/c45-33-21-35(43(23-33)39(49)51-25-29-7-3-1-4-8-29)37(47)41-31-17-13-27(14-18-31)11-12-28-15-19-32(20-16-28)42-38(48)36-22-34(46)24-44(36)40(50)52-26-30-9-5-2-6-10-30/h1-20,33-36,45-46H,21-26H2,(H,41,47)(H,42,48)/b12-11+/t33-,34-,35+,36+/m1/s1. The molecule has 0 saturated carbocycles. The predicted molar refractivity (Wildman–Crippen MR) is 195 cm³/mol. The number of hydrogen-bond acceptors (Lipinski definition) is 8. The van der Waals surface area contributed by atoms with Crippen molar-refractivity contribution in [3.05, 3.63) is 131 Å². The molecule has 0 aliphatic carbocycles. The minimum atomic E-state index is -0.865. The number of likely N-dealkylation sites (tertiary alicyclic amines) is 2. The van der Waals surface area contributed by atoms with E-state index in [1.807, 2.05) is 97.1 Å². The highest BCUT2D eigenvalue weighted by atomic mass is 16.6. The first-order valence-electron chi connectivity index (χ1n) is 17.0. The largest absolute Gasteiger partial charge is 0.445 e. The van der Waals surface area contributed by atoms with Gasteiger partial charge in [-0.05, 0) is 46.5 Å². The topological polar surface area (TPSA) is 158 Å². The van der Waals surface area contributed by atoms with E-state index in [9.17, 15) is 29.4 Å². The number of anilines is 2. The third-order valence-corrected chi connectivity index (χ3v) is 8.87. The molecule has 0 aromatic heterocycles. The van der Waals surface area contributed by atoms with E-state index < -0.39 is 48.3 Å². The van der Waals surface area contributed by atoms with E-state index in [0.29, 0.717) is 11.4 Å². The van der Waals surface area contributed by atoms with E-state index in [2.05, 4.69) is 10.6 Å². The molecule has 4 N–H and O–H groups in total. The number of carbonyl (C=O) groups is 4. The van der Waals surface area contributed by atoms with Gasteiger partial charge in [0.25, 0.3) is 0 Å². The summed E-state index contributed by atoms with van der Waals surface area (Å²) in [4.78, 5) is 54.2. The zero-order valence-corrected chi connectivity index (χ0v) is 28.3. The highest BCUT2D eigenvalue weighted by molar-refractivity contribution is 5.98. The van der Waals surface area contributed by atoms with Crippen LogP contribution >= 0.6 is 0 Å². The van der Waals surface area contributed by atoms with Gasteiger partial charge >= 0.3 is 12.2 Å². The molecule has 4 amide bonds. The van der Waals surface area contributed by atoms with Crippen LogP contribution in [-0.2, 0) is 32.3 Å². The number of benzene rings is 4. The molecule has 268 valence electrons. The number of hydrogen-bond donors (Lipinski definition) is 4. The number of rotatable bonds is 10. The Labute approximate surface area is 301 Å². The Bertz CT molecular complexity index is 1730. The second-order valence-corrected chi connectivity index (χ2v) is 12.8. The Hall–Kier alpha value is -5.98. The van der Waals surface area contributed by atoms with Crippen LogP contribution in [0.25, 0.3) is 12.2 Å². The highest BCUT2D eigenvalue weighted by Gasteiger charge is 2.41. The number of nitrogens with zero attached hydrogens (tertiary/aromatic N) is 2. The van der Waals surface area contributed by atoms with Gasteiger partial charge in [-0.2, -0.15) is 0 Å². The van der Waals surface area contributed by atoms with E-state index in [1.54, 1.807) is 24.3 Å². The lowest BCUT2D eigenvalue weighted by Gasteiger charge is -2.23. The van der Waals surface area contributed by atoms with Crippen LogP contribution in [0.2, 0.25) is 0 Å². The number of ether oxygens (including phenoxy) is 2. The zero-order valence-electron chi connectivity index (χ0n) is 28.3. The SMILES string of the molecule is O=C(Nc1ccc(/C=C/c2ccc(NC(=O)[C@@H]3C[C@@H](O)CN3C(=O)OCc3ccccc3)cc2)cc1)[C@@H]1C[C@@H](O)CN1C(=O)OCc1ccccc1. The van der Waals surface area contributed by atoms with Crippen LogP contribution < -0.4 is 10.6 Å². The summed E-state index contributed by atoms with van der Waals surface area (Å²) in [6.07, 6.45) is 1.05. The van der Waals surface area contributed by atoms with Crippen molar-refractivity contribution in [1.29, 1.82) is 0 Å². The van der Waals surface area contributed by atoms with Gasteiger partial charge in [-0.25, -0.2) is 9.59 Å². The van der Waals surface area contributed by atoms with Crippen molar-refractivity contribution in [2.45, 2.75) is 50.3 Å². The van der Waals surface area contributed by atoms with E-state index in [0.717, 1.165) is 22.3 Å². The summed E-state index contributed by atoms with van der Waals surface area (Å²) in [5, 5.41) is 26.1. The van der Waals surface area contributed by atoms with Crippen molar-refractivity contribution in [3.63, 3.8) is 0 Å². The molecule has 52 heavy (non-hydrogen) atoms. The molecule has 0 unspecified atom stereocenters. The molecule has 4 aromatic carbocycles. The molecule has 0 radical (unpaired) electrons. The lowest BCUT2D eigenvalue weighted by molar-refractivity contribution is -0.120. The molecule has 2 heterocycles. The number of amides is 4. The molecule has 2 aliphatic rings. The van der Waals surface area contributed by atoms with Crippen LogP contribution in [0.15, 0.2) is 109 Å². The van der Waals surface area contributed by atoms with E-state index in [1.165, 1.54) is 9.80 Å². The van der Waals surface area contributed by atoms with E-state index in [-0.39, 0.29) is 39.1 Å². The Morgan fingerprint density at radius 3 is 1.31 bits per heavy atom. The molecule has 4 aromatic rings. The van der Waals surface area contributed by atoms with E-state index in [4.69, 9.17) is 9.47 Å². The van der Waals surface area contributed by atoms with Gasteiger partial charge in [-0.3, -0.25) is 19.4 Å². The second kappa shape index (κ2) is 16.8. The summed E-state index contributed by atoms with van der Waals surface area (Å²) >= 11 is 0. The summed E-state index contributed by atoms with van der Waals surface area (Å²) in [5.41, 5.74) is 4.47. The molecule has 4 atom stereocenters. The summed E-state index contributed by atoms with van der Waals surface area (Å²) in [7, 11) is 0. The average molecular weight is 705 g/mol. The third kappa shape index (κ3) is 9.42. The molecule has 12 nitrogen and oxygen atoms in total. The number of carbonyl (C=O) groups excluding carboxylic acids is 4. The van der Waals surface area contributed by atoms with Gasteiger partial charge in [-0.1, -0.05) is 97.1 Å². The normalized spacial score (nSPS) is 19.7. The average Bonchev–Trinajstić information content (AvgIpc) is 3.77. The number of β-amino-alcohol motifs (C(OH)–C–C–N with tert-alkyl or cyclic N) is 2. The van der Waals surface area contributed by atoms with Crippen molar-refractivity contribution in [2.75, 3.05) is 23.7 Å². The van der Waals surface area contributed by atoms with Gasteiger partial charge in [-0.15, -0.1) is 0 Å². The first-order valence-corrected chi connectivity index (χ1v) is 17.0. The lowest BCUT2D eigenvalue weighted by Crippen LogP contribution is -2.43. The fraction of sp³-hybridized carbons (Fsp3) is 0.250.